The molecule has 1 aliphatic heterocycles. The predicted octanol–water partition coefficient (Wildman–Crippen LogP) is 4.16. The Labute approximate surface area is 154 Å². The van der Waals surface area contributed by atoms with Crippen LogP contribution >= 0.6 is 23.4 Å². The van der Waals surface area contributed by atoms with E-state index in [9.17, 15) is 4.79 Å². The number of hydrogen-bond donors (Lipinski definition) is 0. The molecule has 132 valence electrons. The summed E-state index contributed by atoms with van der Waals surface area (Å²) in [4.78, 5) is 18.2. The lowest BCUT2D eigenvalue weighted by molar-refractivity contribution is -0.137. The van der Waals surface area contributed by atoms with Crippen LogP contribution in [-0.4, -0.2) is 54.2 Å². The number of amides is 1. The van der Waals surface area contributed by atoms with Crippen molar-refractivity contribution in [1.82, 2.24) is 9.80 Å². The average Bonchev–Trinajstić information content (AvgIpc) is 3.15. The average molecular weight is 367 g/mol. The van der Waals surface area contributed by atoms with Crippen LogP contribution < -0.4 is 0 Å². The van der Waals surface area contributed by atoms with Gasteiger partial charge in [-0.3, -0.25) is 9.69 Å². The summed E-state index contributed by atoms with van der Waals surface area (Å²) in [7, 11) is 0. The van der Waals surface area contributed by atoms with E-state index in [1.165, 1.54) is 17.7 Å². The van der Waals surface area contributed by atoms with Crippen molar-refractivity contribution in [3.05, 3.63) is 29.3 Å². The Kier molecular flexibility index (Phi) is 6.87. The summed E-state index contributed by atoms with van der Waals surface area (Å²) in [5.74, 6) is 1.83. The van der Waals surface area contributed by atoms with Crippen molar-refractivity contribution in [2.24, 2.45) is 5.92 Å². The summed E-state index contributed by atoms with van der Waals surface area (Å²) in [5, 5.41) is 0.849. The van der Waals surface area contributed by atoms with Crippen LogP contribution in [0.1, 0.15) is 32.1 Å². The van der Waals surface area contributed by atoms with Gasteiger partial charge in [-0.1, -0.05) is 36.6 Å². The van der Waals surface area contributed by atoms with Crippen molar-refractivity contribution < 1.29 is 4.79 Å². The summed E-state index contributed by atoms with van der Waals surface area (Å²) in [6, 6.07) is 8.04. The highest BCUT2D eigenvalue weighted by molar-refractivity contribution is 7.99. The molecule has 1 aliphatic carbocycles. The Morgan fingerprint density at radius 1 is 1.12 bits per heavy atom. The van der Waals surface area contributed by atoms with Crippen molar-refractivity contribution >= 4 is 29.3 Å². The molecule has 1 aromatic carbocycles. The molecule has 0 aromatic heterocycles. The van der Waals surface area contributed by atoms with Crippen LogP contribution in [0.15, 0.2) is 29.2 Å². The van der Waals surface area contributed by atoms with Gasteiger partial charge in [0, 0.05) is 37.0 Å². The molecule has 0 radical (unpaired) electrons. The first-order chi connectivity index (χ1) is 11.7. The van der Waals surface area contributed by atoms with Crippen LogP contribution in [0.2, 0.25) is 5.02 Å². The molecule has 24 heavy (non-hydrogen) atoms. The molecular formula is C19H27ClN2OS. The molecule has 2 aliphatic rings. The third kappa shape index (κ3) is 4.90. The lowest BCUT2D eigenvalue weighted by Gasteiger charge is -2.36. The van der Waals surface area contributed by atoms with Gasteiger partial charge in [0.15, 0.2) is 0 Å². The molecule has 3 rings (SSSR count). The first kappa shape index (κ1) is 18.1. The molecule has 5 heteroatoms. The number of carbonyl (C=O) groups excluding carboxylic acids is 1. The second-order valence-corrected chi connectivity index (χ2v) is 8.32. The van der Waals surface area contributed by atoms with Gasteiger partial charge in [-0.2, -0.15) is 0 Å². The van der Waals surface area contributed by atoms with E-state index in [0.717, 1.165) is 62.8 Å². The Morgan fingerprint density at radius 2 is 1.83 bits per heavy atom. The minimum absolute atomic E-state index is 0.323. The standard InChI is InChI=1S/C19H27ClN2OS/c20-17-8-3-4-9-18(17)24-15-5-10-21-11-13-22(14-12-21)19(23)16-6-1-2-7-16/h3-4,8-9,16H,1-2,5-7,10-15H2. The Hall–Kier alpha value is -0.710. The maximum absolute atomic E-state index is 12.4. The Morgan fingerprint density at radius 3 is 2.54 bits per heavy atom. The van der Waals surface area contributed by atoms with E-state index in [2.05, 4.69) is 15.9 Å². The first-order valence-corrected chi connectivity index (χ1v) is 10.5. The molecule has 0 atom stereocenters. The molecular weight excluding hydrogens is 340 g/mol. The fraction of sp³-hybridized carbons (Fsp3) is 0.632. The molecule has 0 N–H and O–H groups in total. The van der Waals surface area contributed by atoms with Gasteiger partial charge in [0.05, 0.1) is 5.02 Å². The van der Waals surface area contributed by atoms with Crippen molar-refractivity contribution in [3.63, 3.8) is 0 Å². The van der Waals surface area contributed by atoms with Crippen LogP contribution in [0.4, 0.5) is 0 Å². The number of piperazine rings is 1. The maximum atomic E-state index is 12.4. The SMILES string of the molecule is O=C(C1CCCC1)N1CCN(CCCSc2ccccc2Cl)CC1. The van der Waals surface area contributed by atoms with Gasteiger partial charge in [0.2, 0.25) is 5.91 Å². The normalized spacial score (nSPS) is 19.8. The fourth-order valence-corrected chi connectivity index (χ4v) is 4.83. The summed E-state index contributed by atoms with van der Waals surface area (Å²) < 4.78 is 0. The third-order valence-electron chi connectivity index (χ3n) is 5.10. The van der Waals surface area contributed by atoms with Crippen molar-refractivity contribution in [1.29, 1.82) is 0 Å². The second-order valence-electron chi connectivity index (χ2n) is 6.78. The van der Waals surface area contributed by atoms with Gasteiger partial charge in [0.25, 0.3) is 0 Å². The van der Waals surface area contributed by atoms with E-state index >= 15 is 0 Å². The predicted molar refractivity (Wildman–Crippen MR) is 102 cm³/mol. The summed E-state index contributed by atoms with van der Waals surface area (Å²) in [5.41, 5.74) is 0. The van der Waals surface area contributed by atoms with Crippen molar-refractivity contribution in [2.75, 3.05) is 38.5 Å². The van der Waals surface area contributed by atoms with Gasteiger partial charge in [-0.15, -0.1) is 11.8 Å². The molecule has 1 amide bonds. The van der Waals surface area contributed by atoms with Gasteiger partial charge >= 0.3 is 0 Å². The van der Waals surface area contributed by atoms with Gasteiger partial charge in [-0.05, 0) is 43.7 Å². The number of benzene rings is 1. The summed E-state index contributed by atoms with van der Waals surface area (Å²) in [6.07, 6.45) is 5.85. The monoisotopic (exact) mass is 366 g/mol. The highest BCUT2D eigenvalue weighted by atomic mass is 35.5. The molecule has 0 unspecified atom stereocenters. The van der Waals surface area contributed by atoms with E-state index in [4.69, 9.17) is 11.6 Å². The zero-order valence-electron chi connectivity index (χ0n) is 14.3. The highest BCUT2D eigenvalue weighted by Crippen LogP contribution is 2.28. The molecule has 0 spiro atoms. The topological polar surface area (TPSA) is 23.6 Å². The molecule has 3 nitrogen and oxygen atoms in total. The van der Waals surface area contributed by atoms with E-state index in [0.29, 0.717) is 11.8 Å². The number of nitrogens with zero attached hydrogens (tertiary/aromatic N) is 2. The van der Waals surface area contributed by atoms with Crippen LogP contribution in [0.25, 0.3) is 0 Å². The summed E-state index contributed by atoms with van der Waals surface area (Å²) >= 11 is 8.02. The number of halogens is 1. The lowest BCUT2D eigenvalue weighted by atomic mass is 10.1. The number of thioether (sulfide) groups is 1. The van der Waals surface area contributed by atoms with Crippen molar-refractivity contribution in [3.8, 4) is 0 Å². The lowest BCUT2D eigenvalue weighted by Crippen LogP contribution is -2.50. The minimum atomic E-state index is 0.323. The van der Waals surface area contributed by atoms with Gasteiger partial charge < -0.3 is 4.90 Å². The van der Waals surface area contributed by atoms with Crippen LogP contribution in [0, 0.1) is 5.92 Å². The minimum Gasteiger partial charge on any atom is -0.340 e. The first-order valence-electron chi connectivity index (χ1n) is 9.12. The molecule has 0 bridgehead atoms. The Bertz CT molecular complexity index is 540. The summed E-state index contributed by atoms with van der Waals surface area (Å²) in [6.45, 7) is 4.98. The van der Waals surface area contributed by atoms with Crippen LogP contribution in [0.5, 0.6) is 0 Å². The van der Waals surface area contributed by atoms with E-state index in [1.807, 2.05) is 30.0 Å². The van der Waals surface area contributed by atoms with E-state index in [-0.39, 0.29) is 0 Å². The zero-order chi connectivity index (χ0) is 16.8. The largest absolute Gasteiger partial charge is 0.340 e. The highest BCUT2D eigenvalue weighted by Gasteiger charge is 2.29. The van der Waals surface area contributed by atoms with Gasteiger partial charge in [-0.25, -0.2) is 0 Å². The van der Waals surface area contributed by atoms with E-state index < -0.39 is 0 Å². The van der Waals surface area contributed by atoms with Crippen LogP contribution in [-0.2, 0) is 4.79 Å². The molecule has 1 saturated carbocycles. The van der Waals surface area contributed by atoms with Crippen molar-refractivity contribution in [2.45, 2.75) is 37.0 Å². The second kappa shape index (κ2) is 9.12. The number of rotatable bonds is 6. The Balaban J connectivity index is 1.32. The molecule has 1 aromatic rings. The zero-order valence-corrected chi connectivity index (χ0v) is 15.8. The molecule has 2 fully saturated rings. The van der Waals surface area contributed by atoms with Crippen LogP contribution in [0.3, 0.4) is 0 Å². The molecule has 1 heterocycles. The van der Waals surface area contributed by atoms with Gasteiger partial charge in [0.1, 0.15) is 0 Å². The quantitative estimate of drug-likeness (QED) is 0.558. The smallest absolute Gasteiger partial charge is 0.225 e. The third-order valence-corrected chi connectivity index (χ3v) is 6.70. The molecule has 1 saturated heterocycles. The fourth-order valence-electron chi connectivity index (χ4n) is 3.65. The number of hydrogen-bond acceptors (Lipinski definition) is 3. The maximum Gasteiger partial charge on any atom is 0.225 e. The van der Waals surface area contributed by atoms with E-state index in [1.54, 1.807) is 0 Å². The number of carbonyl (C=O) groups is 1.